The first-order valence-electron chi connectivity index (χ1n) is 10.5. The summed E-state index contributed by atoms with van der Waals surface area (Å²) in [4.78, 5) is 28.0. The standard InChI is InChI=1S/C21H26F2N8O2/c1-20(18(25)32)5-3-15(4-6-20)30-16-13(7-24)9-27-19(31-16)28-10-14-8-26-12-29-17(14)33-11-21(2,22)23/h8-9,12,15H,3-6,10-11H2,1-2H3,(H2,25,32)(H2,27,28,30,31). The van der Waals surface area contributed by atoms with Crippen LogP contribution in [0.2, 0.25) is 0 Å². The molecule has 0 atom stereocenters. The molecule has 12 heteroatoms. The van der Waals surface area contributed by atoms with E-state index in [1.54, 1.807) is 0 Å². The molecule has 0 unspecified atom stereocenters. The first-order valence-corrected chi connectivity index (χ1v) is 10.5. The molecule has 1 saturated carbocycles. The maximum Gasteiger partial charge on any atom is 0.278 e. The SMILES string of the molecule is CC(F)(F)COc1ncncc1CNc1ncc(C#N)c(NC2CCC(C)(C(N)=O)CC2)n1. The van der Waals surface area contributed by atoms with Crippen LogP contribution in [0.1, 0.15) is 50.7 Å². The van der Waals surface area contributed by atoms with Crippen LogP contribution in [0.4, 0.5) is 20.5 Å². The number of aromatic nitrogens is 4. The van der Waals surface area contributed by atoms with Crippen molar-refractivity contribution in [2.45, 2.75) is 58.0 Å². The molecule has 2 aromatic rings. The fourth-order valence-electron chi connectivity index (χ4n) is 3.47. The number of hydrogen-bond acceptors (Lipinski definition) is 9. The third kappa shape index (κ3) is 6.44. The van der Waals surface area contributed by atoms with Gasteiger partial charge in [-0.25, -0.2) is 23.7 Å². The van der Waals surface area contributed by atoms with Crippen molar-refractivity contribution in [3.05, 3.63) is 29.8 Å². The van der Waals surface area contributed by atoms with E-state index in [9.17, 15) is 18.8 Å². The smallest absolute Gasteiger partial charge is 0.278 e. The number of ether oxygens (including phenoxy) is 1. The monoisotopic (exact) mass is 460 g/mol. The van der Waals surface area contributed by atoms with Gasteiger partial charge in [0.1, 0.15) is 23.8 Å². The Balaban J connectivity index is 1.66. The van der Waals surface area contributed by atoms with Gasteiger partial charge in [-0.2, -0.15) is 10.2 Å². The molecule has 2 aromatic heterocycles. The zero-order chi connectivity index (χ0) is 24.1. The number of alkyl halides is 2. The molecule has 0 aliphatic heterocycles. The number of rotatable bonds is 9. The van der Waals surface area contributed by atoms with E-state index in [0.717, 1.165) is 6.92 Å². The highest BCUT2D eigenvalue weighted by atomic mass is 19.3. The summed E-state index contributed by atoms with van der Waals surface area (Å²) in [5, 5.41) is 15.7. The van der Waals surface area contributed by atoms with Crippen molar-refractivity contribution in [3.63, 3.8) is 0 Å². The predicted molar refractivity (Wildman–Crippen MR) is 115 cm³/mol. The second-order valence-electron chi connectivity index (χ2n) is 8.48. The number of primary amides is 1. The van der Waals surface area contributed by atoms with E-state index in [1.165, 1.54) is 18.7 Å². The minimum Gasteiger partial charge on any atom is -0.471 e. The molecule has 1 aliphatic rings. The Morgan fingerprint density at radius 3 is 2.73 bits per heavy atom. The Labute approximate surface area is 190 Å². The van der Waals surface area contributed by atoms with Crippen molar-refractivity contribution >= 4 is 17.7 Å². The number of carbonyl (C=O) groups excluding carboxylic acids is 1. The lowest BCUT2D eigenvalue weighted by molar-refractivity contribution is -0.128. The predicted octanol–water partition coefficient (Wildman–Crippen LogP) is 2.63. The summed E-state index contributed by atoms with van der Waals surface area (Å²) in [5.74, 6) is -2.67. The third-order valence-corrected chi connectivity index (χ3v) is 5.58. The highest BCUT2D eigenvalue weighted by Gasteiger charge is 2.36. The van der Waals surface area contributed by atoms with Crippen molar-refractivity contribution in [3.8, 4) is 11.9 Å². The average molecular weight is 460 g/mol. The maximum atomic E-state index is 13.1. The van der Waals surface area contributed by atoms with E-state index in [-0.39, 0.29) is 35.9 Å². The molecule has 0 radical (unpaired) electrons. The van der Waals surface area contributed by atoms with Gasteiger partial charge >= 0.3 is 0 Å². The van der Waals surface area contributed by atoms with Crippen LogP contribution in [-0.4, -0.2) is 44.4 Å². The number of nitrogens with two attached hydrogens (primary N) is 1. The van der Waals surface area contributed by atoms with Crippen molar-refractivity contribution in [2.75, 3.05) is 17.2 Å². The van der Waals surface area contributed by atoms with Crippen molar-refractivity contribution in [1.29, 1.82) is 5.26 Å². The van der Waals surface area contributed by atoms with Gasteiger partial charge in [0.05, 0.1) is 11.8 Å². The number of nitriles is 1. The summed E-state index contributed by atoms with van der Waals surface area (Å²) in [6.45, 7) is 1.93. The molecule has 1 amide bonds. The highest BCUT2D eigenvalue weighted by Crippen LogP contribution is 2.36. The molecular weight excluding hydrogens is 434 g/mol. The topological polar surface area (TPSA) is 152 Å². The summed E-state index contributed by atoms with van der Waals surface area (Å²) < 4.78 is 31.4. The lowest BCUT2D eigenvalue weighted by Gasteiger charge is -2.35. The van der Waals surface area contributed by atoms with Crippen LogP contribution in [0.3, 0.4) is 0 Å². The van der Waals surface area contributed by atoms with Crippen LogP contribution < -0.4 is 21.1 Å². The van der Waals surface area contributed by atoms with Crippen LogP contribution in [0.25, 0.3) is 0 Å². The van der Waals surface area contributed by atoms with Crippen molar-refractivity contribution in [1.82, 2.24) is 19.9 Å². The number of anilines is 2. The van der Waals surface area contributed by atoms with E-state index in [2.05, 4.69) is 36.6 Å². The highest BCUT2D eigenvalue weighted by molar-refractivity contribution is 5.80. The minimum absolute atomic E-state index is 0.0329. The summed E-state index contributed by atoms with van der Waals surface area (Å²) in [6, 6.07) is 2.09. The zero-order valence-corrected chi connectivity index (χ0v) is 18.4. The molecule has 3 rings (SSSR count). The van der Waals surface area contributed by atoms with E-state index < -0.39 is 17.9 Å². The van der Waals surface area contributed by atoms with E-state index >= 15 is 0 Å². The van der Waals surface area contributed by atoms with Crippen molar-refractivity contribution < 1.29 is 18.3 Å². The number of amides is 1. The average Bonchev–Trinajstić information content (AvgIpc) is 2.78. The Hall–Kier alpha value is -3.62. The normalized spacial score (nSPS) is 20.5. The van der Waals surface area contributed by atoms with Gasteiger partial charge in [0.15, 0.2) is 6.61 Å². The summed E-state index contributed by atoms with van der Waals surface area (Å²) >= 11 is 0. The van der Waals surface area contributed by atoms with Crippen LogP contribution in [0.15, 0.2) is 18.7 Å². The number of halogens is 2. The molecule has 0 saturated heterocycles. The van der Waals surface area contributed by atoms with Gasteiger partial charge in [0, 0.05) is 31.1 Å². The number of carbonyl (C=O) groups is 1. The molecular formula is C21H26F2N8O2. The quantitative estimate of drug-likeness (QED) is 0.513. The Bertz CT molecular complexity index is 1030. The van der Waals surface area contributed by atoms with E-state index in [1.807, 2.05) is 6.92 Å². The largest absolute Gasteiger partial charge is 0.471 e. The first-order chi connectivity index (χ1) is 15.6. The molecule has 0 bridgehead atoms. The second kappa shape index (κ2) is 9.89. The molecule has 0 spiro atoms. The van der Waals surface area contributed by atoms with Gasteiger partial charge in [-0.1, -0.05) is 6.92 Å². The van der Waals surface area contributed by atoms with Gasteiger partial charge in [-0.15, -0.1) is 0 Å². The lowest BCUT2D eigenvalue weighted by atomic mass is 9.73. The molecule has 10 nitrogen and oxygen atoms in total. The first kappa shape index (κ1) is 24.0. The van der Waals surface area contributed by atoms with E-state index in [4.69, 9.17) is 10.5 Å². The molecule has 1 fully saturated rings. The van der Waals surface area contributed by atoms with Crippen molar-refractivity contribution in [2.24, 2.45) is 11.1 Å². The summed E-state index contributed by atoms with van der Waals surface area (Å²) in [7, 11) is 0. The molecule has 4 N–H and O–H groups in total. The number of hydrogen-bond donors (Lipinski definition) is 3. The minimum atomic E-state index is -3.00. The molecule has 0 aromatic carbocycles. The van der Waals surface area contributed by atoms with Crippen LogP contribution in [0.5, 0.6) is 5.88 Å². The van der Waals surface area contributed by atoms with Gasteiger partial charge < -0.3 is 21.1 Å². The van der Waals surface area contributed by atoms with Gasteiger partial charge in [-0.05, 0) is 25.7 Å². The molecule has 176 valence electrons. The Morgan fingerprint density at radius 1 is 1.36 bits per heavy atom. The van der Waals surface area contributed by atoms with E-state index in [0.29, 0.717) is 37.1 Å². The lowest BCUT2D eigenvalue weighted by Crippen LogP contribution is -2.40. The second-order valence-corrected chi connectivity index (χ2v) is 8.48. The molecule has 2 heterocycles. The maximum absolute atomic E-state index is 13.1. The molecule has 33 heavy (non-hydrogen) atoms. The zero-order valence-electron chi connectivity index (χ0n) is 18.4. The Morgan fingerprint density at radius 2 is 2.09 bits per heavy atom. The summed E-state index contributed by atoms with van der Waals surface area (Å²) in [5.41, 5.74) is 5.72. The van der Waals surface area contributed by atoms with Gasteiger partial charge in [0.25, 0.3) is 5.92 Å². The number of nitrogens with zero attached hydrogens (tertiary/aromatic N) is 5. The van der Waals surface area contributed by atoms with Gasteiger partial charge in [0.2, 0.25) is 17.7 Å². The third-order valence-electron chi connectivity index (χ3n) is 5.58. The summed E-state index contributed by atoms with van der Waals surface area (Å²) in [6.07, 6.45) is 6.76. The molecule has 1 aliphatic carbocycles. The van der Waals surface area contributed by atoms with Crippen LogP contribution in [0, 0.1) is 16.7 Å². The van der Waals surface area contributed by atoms with Crippen LogP contribution >= 0.6 is 0 Å². The fraction of sp³-hybridized carbons (Fsp3) is 0.524. The van der Waals surface area contributed by atoms with Gasteiger partial charge in [-0.3, -0.25) is 4.79 Å². The Kier molecular flexibility index (Phi) is 7.20. The fourth-order valence-corrected chi connectivity index (χ4v) is 3.47. The van der Waals surface area contributed by atoms with Crippen LogP contribution in [-0.2, 0) is 11.3 Å². The number of nitrogens with one attached hydrogen (secondary N) is 2.